The second-order valence-electron chi connectivity index (χ2n) is 6.03. The van der Waals surface area contributed by atoms with Crippen LogP contribution in [-0.2, 0) is 4.74 Å². The summed E-state index contributed by atoms with van der Waals surface area (Å²) in [6.07, 6.45) is 10.5. The van der Waals surface area contributed by atoms with E-state index in [-0.39, 0.29) is 6.10 Å². The first-order valence-electron chi connectivity index (χ1n) is 8.42. The molecule has 0 spiro atoms. The quantitative estimate of drug-likeness (QED) is 0.779. The Labute approximate surface area is 133 Å². The maximum atomic E-state index is 6.00. The lowest BCUT2D eigenvalue weighted by Gasteiger charge is -2.39. The van der Waals surface area contributed by atoms with Gasteiger partial charge in [-0.25, -0.2) is 0 Å². The Morgan fingerprint density at radius 1 is 1.45 bits per heavy atom. The van der Waals surface area contributed by atoms with Crippen LogP contribution in [0.1, 0.15) is 26.2 Å². The number of hydrogen-bond acceptors (Lipinski definition) is 5. The fourth-order valence-electron chi connectivity index (χ4n) is 3.34. The third kappa shape index (κ3) is 3.84. The van der Waals surface area contributed by atoms with Crippen LogP contribution in [0, 0.1) is 0 Å². The summed E-state index contributed by atoms with van der Waals surface area (Å²) in [6.45, 7) is 6.82. The molecule has 1 aromatic rings. The molecule has 2 atom stereocenters. The first-order valence-corrected chi connectivity index (χ1v) is 8.42. The van der Waals surface area contributed by atoms with E-state index >= 15 is 0 Å². The van der Waals surface area contributed by atoms with Gasteiger partial charge in [-0.2, -0.15) is 5.10 Å². The molecule has 0 aromatic carbocycles. The molecule has 0 N–H and O–H groups in total. The van der Waals surface area contributed by atoms with Gasteiger partial charge in [-0.05, 0) is 38.3 Å². The van der Waals surface area contributed by atoms with E-state index < -0.39 is 0 Å². The van der Waals surface area contributed by atoms with Gasteiger partial charge in [-0.3, -0.25) is 4.90 Å². The van der Waals surface area contributed by atoms with Crippen LogP contribution in [0.15, 0.2) is 30.5 Å². The number of ether oxygens (including phenoxy) is 1. The van der Waals surface area contributed by atoms with E-state index in [2.05, 4.69) is 39.1 Å². The molecule has 0 amide bonds. The lowest BCUT2D eigenvalue weighted by atomic mass is 10.0. The number of anilines is 1. The maximum absolute atomic E-state index is 6.00. The zero-order chi connectivity index (χ0) is 15.2. The maximum Gasteiger partial charge on any atom is 0.151 e. The van der Waals surface area contributed by atoms with Gasteiger partial charge in [0.15, 0.2) is 5.82 Å². The zero-order valence-electron chi connectivity index (χ0n) is 13.4. The molecular formula is C17H26N4O. The van der Waals surface area contributed by atoms with E-state index in [0.29, 0.717) is 6.04 Å². The van der Waals surface area contributed by atoms with Crippen molar-refractivity contribution in [2.45, 2.75) is 38.3 Å². The number of nitrogens with zero attached hydrogens (tertiary/aromatic N) is 4. The Morgan fingerprint density at radius 3 is 3.14 bits per heavy atom. The van der Waals surface area contributed by atoms with Gasteiger partial charge in [0.1, 0.15) is 0 Å². The molecule has 1 aromatic heterocycles. The molecule has 5 nitrogen and oxygen atoms in total. The molecule has 5 heteroatoms. The third-order valence-corrected chi connectivity index (χ3v) is 4.56. The second kappa shape index (κ2) is 7.70. The van der Waals surface area contributed by atoms with E-state index in [1.807, 2.05) is 12.1 Å². The van der Waals surface area contributed by atoms with Crippen LogP contribution in [0.3, 0.4) is 0 Å². The van der Waals surface area contributed by atoms with Crippen molar-refractivity contribution in [3.05, 3.63) is 30.5 Å². The number of rotatable bonds is 5. The molecule has 120 valence electrons. The molecule has 1 aliphatic carbocycles. The van der Waals surface area contributed by atoms with E-state index in [0.717, 1.165) is 38.6 Å². The van der Waals surface area contributed by atoms with E-state index in [1.165, 1.54) is 19.3 Å². The van der Waals surface area contributed by atoms with Crippen LogP contribution in [0.2, 0.25) is 0 Å². The summed E-state index contributed by atoms with van der Waals surface area (Å²) in [7, 11) is 0. The molecule has 0 unspecified atom stereocenters. The van der Waals surface area contributed by atoms with Crippen molar-refractivity contribution in [3.63, 3.8) is 0 Å². The summed E-state index contributed by atoms with van der Waals surface area (Å²) in [5, 5.41) is 8.20. The number of likely N-dealkylation sites (N-methyl/N-ethyl adjacent to an activating group) is 1. The topological polar surface area (TPSA) is 41.5 Å². The van der Waals surface area contributed by atoms with Gasteiger partial charge in [-0.15, -0.1) is 5.10 Å². The van der Waals surface area contributed by atoms with E-state index in [9.17, 15) is 0 Å². The first kappa shape index (κ1) is 15.4. The van der Waals surface area contributed by atoms with Crippen molar-refractivity contribution in [3.8, 4) is 0 Å². The van der Waals surface area contributed by atoms with Crippen LogP contribution < -0.4 is 4.90 Å². The van der Waals surface area contributed by atoms with Gasteiger partial charge >= 0.3 is 0 Å². The lowest BCUT2D eigenvalue weighted by molar-refractivity contribution is -0.0343. The van der Waals surface area contributed by atoms with Crippen LogP contribution in [0.25, 0.3) is 0 Å². The standard InChI is InChI=1S/C17H26N4O/c1-2-20(17-9-6-10-18-19-17)13-16-14-21(11-12-22-16)15-7-4-3-5-8-15/h4,6-7,9-10,15-16H,2-3,5,8,11-14H2,1H3/t15-,16+/m0/s1. The molecule has 22 heavy (non-hydrogen) atoms. The smallest absolute Gasteiger partial charge is 0.151 e. The van der Waals surface area contributed by atoms with Gasteiger partial charge in [0, 0.05) is 38.4 Å². The van der Waals surface area contributed by atoms with Crippen LogP contribution in [-0.4, -0.2) is 60.0 Å². The molecule has 2 aliphatic rings. The average Bonchev–Trinajstić information content (AvgIpc) is 2.61. The van der Waals surface area contributed by atoms with Crippen molar-refractivity contribution in [2.24, 2.45) is 0 Å². The molecule has 0 bridgehead atoms. The normalized spacial score (nSPS) is 26.0. The SMILES string of the molecule is CCN(C[C@@H]1CN([C@H]2C=CCCC2)CCO1)c1cccnn1. The number of aromatic nitrogens is 2. The summed E-state index contributed by atoms with van der Waals surface area (Å²) >= 11 is 0. The van der Waals surface area contributed by atoms with Crippen molar-refractivity contribution in [2.75, 3.05) is 37.7 Å². The molecular weight excluding hydrogens is 276 g/mol. The molecule has 3 rings (SSSR count). The van der Waals surface area contributed by atoms with Gasteiger partial charge in [0.25, 0.3) is 0 Å². The fraction of sp³-hybridized carbons (Fsp3) is 0.647. The van der Waals surface area contributed by atoms with E-state index in [4.69, 9.17) is 4.74 Å². The van der Waals surface area contributed by atoms with Crippen molar-refractivity contribution in [1.29, 1.82) is 0 Å². The van der Waals surface area contributed by atoms with Crippen molar-refractivity contribution >= 4 is 5.82 Å². The Hall–Kier alpha value is -1.46. The summed E-state index contributed by atoms with van der Waals surface area (Å²) in [4.78, 5) is 4.83. The zero-order valence-corrected chi connectivity index (χ0v) is 13.4. The van der Waals surface area contributed by atoms with Crippen molar-refractivity contribution in [1.82, 2.24) is 15.1 Å². The number of morpholine rings is 1. The predicted octanol–water partition coefficient (Wildman–Crippen LogP) is 2.11. The highest BCUT2D eigenvalue weighted by molar-refractivity contribution is 5.36. The molecule has 0 radical (unpaired) electrons. The summed E-state index contributed by atoms with van der Waals surface area (Å²) in [5.41, 5.74) is 0. The van der Waals surface area contributed by atoms with Gasteiger partial charge < -0.3 is 9.64 Å². The minimum absolute atomic E-state index is 0.242. The average molecular weight is 302 g/mol. The molecule has 1 fully saturated rings. The summed E-state index contributed by atoms with van der Waals surface area (Å²) in [5.74, 6) is 0.934. The first-order chi connectivity index (χ1) is 10.9. The minimum Gasteiger partial charge on any atom is -0.374 e. The largest absolute Gasteiger partial charge is 0.374 e. The second-order valence-corrected chi connectivity index (χ2v) is 6.03. The van der Waals surface area contributed by atoms with Crippen LogP contribution >= 0.6 is 0 Å². The Kier molecular flexibility index (Phi) is 5.40. The monoisotopic (exact) mass is 302 g/mol. The number of hydrogen-bond donors (Lipinski definition) is 0. The van der Waals surface area contributed by atoms with Crippen LogP contribution in [0.4, 0.5) is 5.82 Å². The lowest BCUT2D eigenvalue weighted by Crippen LogP contribution is -2.51. The summed E-state index contributed by atoms with van der Waals surface area (Å²) in [6, 6.07) is 4.55. The molecule has 2 heterocycles. The Balaban J connectivity index is 1.59. The minimum atomic E-state index is 0.242. The van der Waals surface area contributed by atoms with Crippen molar-refractivity contribution < 1.29 is 4.74 Å². The van der Waals surface area contributed by atoms with Gasteiger partial charge in [-0.1, -0.05) is 12.2 Å². The van der Waals surface area contributed by atoms with Crippen LogP contribution in [0.5, 0.6) is 0 Å². The highest BCUT2D eigenvalue weighted by Crippen LogP contribution is 2.20. The third-order valence-electron chi connectivity index (χ3n) is 4.56. The summed E-state index contributed by atoms with van der Waals surface area (Å²) < 4.78 is 6.00. The highest BCUT2D eigenvalue weighted by atomic mass is 16.5. The number of allylic oxidation sites excluding steroid dienone is 1. The fourth-order valence-corrected chi connectivity index (χ4v) is 3.34. The Morgan fingerprint density at radius 2 is 2.41 bits per heavy atom. The Bertz CT molecular complexity index is 479. The molecule has 1 aliphatic heterocycles. The molecule has 0 saturated carbocycles. The van der Waals surface area contributed by atoms with Gasteiger partial charge in [0.2, 0.25) is 0 Å². The highest BCUT2D eigenvalue weighted by Gasteiger charge is 2.27. The van der Waals surface area contributed by atoms with Gasteiger partial charge in [0.05, 0.1) is 12.7 Å². The predicted molar refractivity (Wildman–Crippen MR) is 88.0 cm³/mol. The molecule has 1 saturated heterocycles. The van der Waals surface area contributed by atoms with E-state index in [1.54, 1.807) is 6.20 Å².